The zero-order chi connectivity index (χ0) is 35.7. The van der Waals surface area contributed by atoms with Crippen molar-refractivity contribution in [3.05, 3.63) is 54.0 Å². The summed E-state index contributed by atoms with van der Waals surface area (Å²) in [6.45, 7) is 9.99. The molecule has 0 spiro atoms. The summed E-state index contributed by atoms with van der Waals surface area (Å²) in [5.74, 6) is -3.90. The zero-order valence-electron chi connectivity index (χ0n) is 28.5. The van der Waals surface area contributed by atoms with Gasteiger partial charge in [-0.05, 0) is 71.7 Å². The molecular formula is C33H43F2N7O5S. The Kier molecular flexibility index (Phi) is 10.3. The molecular weight excluding hydrogens is 644 g/mol. The SMILES string of the molecule is Cc1c(-c2cnn(C)c2)cnc(N2CCCC(F)(F)CC2)c1C(=O)Nc1cccc([S@@](C)(=O)=NC(=O)C(C)(C)NC(=O)OC(C)(C)C)c1. The van der Waals surface area contributed by atoms with Gasteiger partial charge in [-0.1, -0.05) is 6.07 Å². The maximum atomic E-state index is 14.2. The third-order valence-corrected chi connectivity index (χ3v) is 9.36. The van der Waals surface area contributed by atoms with Crippen LogP contribution in [-0.4, -0.2) is 73.3 Å². The molecule has 4 rings (SSSR count). The Balaban J connectivity index is 1.66. The van der Waals surface area contributed by atoms with Crippen LogP contribution in [-0.2, 0) is 26.3 Å². The van der Waals surface area contributed by atoms with Gasteiger partial charge in [0, 0.05) is 73.3 Å². The molecule has 48 heavy (non-hydrogen) atoms. The molecule has 3 amide bonds. The number of carbonyl (C=O) groups is 3. The number of nitrogens with zero attached hydrogens (tertiary/aromatic N) is 5. The number of amides is 3. The van der Waals surface area contributed by atoms with Gasteiger partial charge in [-0.25, -0.2) is 22.8 Å². The van der Waals surface area contributed by atoms with Gasteiger partial charge in [0.25, 0.3) is 11.8 Å². The van der Waals surface area contributed by atoms with Crippen molar-refractivity contribution in [2.45, 2.75) is 82.8 Å². The summed E-state index contributed by atoms with van der Waals surface area (Å²) in [7, 11) is -1.58. The Morgan fingerprint density at radius 1 is 1.08 bits per heavy atom. The van der Waals surface area contributed by atoms with Crippen molar-refractivity contribution in [3.63, 3.8) is 0 Å². The quantitative estimate of drug-likeness (QED) is 0.310. The molecule has 0 saturated carbocycles. The van der Waals surface area contributed by atoms with E-state index < -0.39 is 44.7 Å². The lowest BCUT2D eigenvalue weighted by Gasteiger charge is -2.26. The normalized spacial score (nSPS) is 16.3. The number of pyridine rings is 1. The average molecular weight is 688 g/mol. The zero-order valence-corrected chi connectivity index (χ0v) is 29.3. The maximum Gasteiger partial charge on any atom is 0.408 e. The van der Waals surface area contributed by atoms with E-state index in [-0.39, 0.29) is 47.8 Å². The van der Waals surface area contributed by atoms with Crippen LogP contribution in [0.2, 0.25) is 0 Å². The van der Waals surface area contributed by atoms with Gasteiger partial charge < -0.3 is 20.3 Å². The van der Waals surface area contributed by atoms with Crippen molar-refractivity contribution >= 4 is 39.1 Å². The van der Waals surface area contributed by atoms with Crippen LogP contribution in [0, 0.1) is 6.92 Å². The predicted molar refractivity (Wildman–Crippen MR) is 180 cm³/mol. The summed E-state index contributed by atoms with van der Waals surface area (Å²) in [6.07, 6.45) is 5.14. The summed E-state index contributed by atoms with van der Waals surface area (Å²) >= 11 is 0. The maximum absolute atomic E-state index is 14.2. The van der Waals surface area contributed by atoms with Gasteiger partial charge in [-0.3, -0.25) is 14.3 Å². The molecule has 2 aromatic heterocycles. The summed E-state index contributed by atoms with van der Waals surface area (Å²) in [5, 5.41) is 9.52. The standard InChI is InChI=1S/C33H43F2N7O5S/c1-21-25(22-18-37-41(7)20-22)19-36-27(42-15-10-13-33(34,35)14-16-42)26(21)28(43)38-23-11-9-12-24(17-23)48(8,46)40-29(44)32(5,6)39-30(45)47-31(2,3)4/h9,11-12,17-20H,10,13-16H2,1-8H3,(H,38,43)(H,39,45)/t48-/m1/s1. The highest BCUT2D eigenvalue weighted by Gasteiger charge is 2.35. The molecule has 0 aliphatic carbocycles. The van der Waals surface area contributed by atoms with E-state index in [4.69, 9.17) is 4.74 Å². The van der Waals surface area contributed by atoms with E-state index in [1.54, 1.807) is 75.0 Å². The van der Waals surface area contributed by atoms with Gasteiger partial charge in [0.05, 0.1) is 21.5 Å². The molecule has 0 unspecified atom stereocenters. The van der Waals surface area contributed by atoms with Crippen LogP contribution in [0.4, 0.5) is 25.1 Å². The molecule has 1 atom stereocenters. The largest absolute Gasteiger partial charge is 0.444 e. The van der Waals surface area contributed by atoms with E-state index in [0.717, 1.165) is 5.56 Å². The molecule has 1 saturated heterocycles. The van der Waals surface area contributed by atoms with Gasteiger partial charge in [-0.15, -0.1) is 0 Å². The number of rotatable bonds is 7. The van der Waals surface area contributed by atoms with Crippen molar-refractivity contribution < 1.29 is 32.1 Å². The van der Waals surface area contributed by atoms with Gasteiger partial charge in [0.2, 0.25) is 5.92 Å². The number of ether oxygens (including phenoxy) is 1. The van der Waals surface area contributed by atoms with Crippen molar-refractivity contribution in [3.8, 4) is 11.1 Å². The lowest BCUT2D eigenvalue weighted by molar-refractivity contribution is -0.122. The molecule has 3 heterocycles. The van der Waals surface area contributed by atoms with Gasteiger partial charge >= 0.3 is 6.09 Å². The third-order valence-electron chi connectivity index (χ3n) is 7.71. The predicted octanol–water partition coefficient (Wildman–Crippen LogP) is 5.96. The van der Waals surface area contributed by atoms with Crippen molar-refractivity contribution in [1.29, 1.82) is 0 Å². The first-order chi connectivity index (χ1) is 22.2. The van der Waals surface area contributed by atoms with Crippen LogP contribution in [0.5, 0.6) is 0 Å². The molecule has 1 aromatic carbocycles. The molecule has 2 N–H and O–H groups in total. The summed E-state index contributed by atoms with van der Waals surface area (Å²) in [5.41, 5.74) is 0.123. The first-order valence-corrected chi connectivity index (χ1v) is 17.4. The topological polar surface area (TPSA) is 148 Å². The summed E-state index contributed by atoms with van der Waals surface area (Å²) in [4.78, 5) is 45.9. The lowest BCUT2D eigenvalue weighted by atomic mass is 9.99. The monoisotopic (exact) mass is 687 g/mol. The molecule has 1 aliphatic heterocycles. The Bertz CT molecular complexity index is 1840. The summed E-state index contributed by atoms with van der Waals surface area (Å²) in [6, 6.07) is 6.12. The van der Waals surface area contributed by atoms with E-state index in [1.807, 2.05) is 0 Å². The van der Waals surface area contributed by atoms with Crippen LogP contribution in [0.1, 0.15) is 69.8 Å². The first-order valence-electron chi connectivity index (χ1n) is 15.5. The molecule has 1 aliphatic rings. The Morgan fingerprint density at radius 3 is 2.44 bits per heavy atom. The van der Waals surface area contributed by atoms with Crippen LogP contribution in [0.25, 0.3) is 11.1 Å². The molecule has 3 aromatic rings. The van der Waals surface area contributed by atoms with Gasteiger partial charge in [0.1, 0.15) is 17.0 Å². The highest BCUT2D eigenvalue weighted by atomic mass is 32.2. The van der Waals surface area contributed by atoms with Gasteiger partial charge in [0.15, 0.2) is 0 Å². The second kappa shape index (κ2) is 13.6. The molecule has 0 bridgehead atoms. The van der Waals surface area contributed by atoms with Crippen LogP contribution in [0.15, 0.2) is 52.1 Å². The number of halogens is 2. The molecule has 0 radical (unpaired) electrons. The fourth-order valence-electron chi connectivity index (χ4n) is 5.17. The Labute approximate surface area is 279 Å². The van der Waals surface area contributed by atoms with Crippen molar-refractivity contribution in [2.75, 3.05) is 29.6 Å². The van der Waals surface area contributed by atoms with Crippen LogP contribution in [0.3, 0.4) is 0 Å². The molecule has 15 heteroatoms. The number of anilines is 2. The molecule has 260 valence electrons. The molecule has 1 fully saturated rings. The summed E-state index contributed by atoms with van der Waals surface area (Å²) < 4.78 is 53.0. The minimum atomic E-state index is -3.34. The van der Waals surface area contributed by atoms with Crippen LogP contribution >= 0.6 is 0 Å². The minimum absolute atomic E-state index is 0.0218. The van der Waals surface area contributed by atoms with Crippen LogP contribution < -0.4 is 15.5 Å². The van der Waals surface area contributed by atoms with Crippen molar-refractivity contribution in [1.82, 2.24) is 20.1 Å². The van der Waals surface area contributed by atoms with E-state index in [2.05, 4.69) is 25.1 Å². The van der Waals surface area contributed by atoms with E-state index in [0.29, 0.717) is 17.7 Å². The number of carbonyl (C=O) groups excluding carboxylic acids is 3. The fourth-order valence-corrected chi connectivity index (χ4v) is 6.50. The Hall–Kier alpha value is -4.40. The number of aromatic nitrogens is 3. The second-order valence-corrected chi connectivity index (χ2v) is 15.8. The van der Waals surface area contributed by atoms with Crippen molar-refractivity contribution in [2.24, 2.45) is 11.4 Å². The molecule has 12 nitrogen and oxygen atoms in total. The highest BCUT2D eigenvalue weighted by molar-refractivity contribution is 7.93. The number of nitrogens with one attached hydrogen (secondary N) is 2. The number of benzene rings is 1. The number of alkyl carbamates (subject to hydrolysis) is 1. The smallest absolute Gasteiger partial charge is 0.408 e. The lowest BCUT2D eigenvalue weighted by Crippen LogP contribution is -2.50. The number of aryl methyl sites for hydroxylation is 1. The average Bonchev–Trinajstić information content (AvgIpc) is 3.29. The van der Waals surface area contributed by atoms with E-state index >= 15 is 0 Å². The number of hydrogen-bond acceptors (Lipinski definition) is 8. The second-order valence-electron chi connectivity index (χ2n) is 13.5. The minimum Gasteiger partial charge on any atom is -0.444 e. The Morgan fingerprint density at radius 2 is 1.79 bits per heavy atom. The number of alkyl halides is 2. The van der Waals surface area contributed by atoms with E-state index in [1.165, 1.54) is 32.2 Å². The number of hydrogen-bond donors (Lipinski definition) is 2. The first kappa shape index (κ1) is 36.4. The fraction of sp³-hybridized carbons (Fsp3) is 0.485. The highest BCUT2D eigenvalue weighted by Crippen LogP contribution is 2.35. The van der Waals surface area contributed by atoms with Gasteiger partial charge in [-0.2, -0.15) is 9.46 Å². The third kappa shape index (κ3) is 8.94. The van der Waals surface area contributed by atoms with E-state index in [9.17, 15) is 27.4 Å².